The molecule has 2 aromatic carbocycles. The number of ether oxygens (including phenoxy) is 2. The van der Waals surface area contributed by atoms with Crippen molar-refractivity contribution in [3.05, 3.63) is 70.8 Å². The highest BCUT2D eigenvalue weighted by atomic mass is 19.4. The van der Waals surface area contributed by atoms with Crippen LogP contribution in [0.3, 0.4) is 0 Å². The average molecular weight is 494 g/mol. The minimum absolute atomic E-state index is 0.000893. The van der Waals surface area contributed by atoms with Crippen LogP contribution in [0, 0.1) is 0 Å². The standard InChI is InChI=1S/C24H22F8O2/c25-21(26,11-17-5-1-15(2-6-17)9-19-13-33-19)23(29,30)24(31,32)22(27,28)12-18-7-3-16(4-8-18)10-20-14-34-20/h1-8,19-20H,9-14H2. The first-order valence-corrected chi connectivity index (χ1v) is 10.7. The molecule has 2 aliphatic rings. The van der Waals surface area contributed by atoms with Crippen LogP contribution in [0.5, 0.6) is 0 Å². The molecule has 2 nitrogen and oxygen atoms in total. The Bertz CT molecular complexity index is 900. The lowest BCUT2D eigenvalue weighted by Gasteiger charge is -2.37. The van der Waals surface area contributed by atoms with E-state index < -0.39 is 36.5 Å². The SMILES string of the molecule is FC(F)(Cc1ccc(CC2CO2)cc1)C(F)(F)C(F)(F)C(F)(F)Cc1ccc(CC2CO2)cc1. The van der Waals surface area contributed by atoms with Gasteiger partial charge in [-0.15, -0.1) is 0 Å². The van der Waals surface area contributed by atoms with Gasteiger partial charge in [0.2, 0.25) is 0 Å². The Hall–Kier alpha value is -2.20. The van der Waals surface area contributed by atoms with E-state index in [0.29, 0.717) is 37.2 Å². The average Bonchev–Trinajstić information content (AvgIpc) is 3.67. The summed E-state index contributed by atoms with van der Waals surface area (Å²) in [6.45, 7) is 1.10. The number of alkyl halides is 8. The fourth-order valence-corrected chi connectivity index (χ4v) is 3.68. The normalized spacial score (nSPS) is 20.9. The summed E-state index contributed by atoms with van der Waals surface area (Å²) in [7, 11) is 0. The van der Waals surface area contributed by atoms with Crippen molar-refractivity contribution >= 4 is 0 Å². The van der Waals surface area contributed by atoms with Crippen LogP contribution in [0.15, 0.2) is 48.5 Å². The van der Waals surface area contributed by atoms with Crippen molar-refractivity contribution < 1.29 is 44.6 Å². The Morgan fingerprint density at radius 2 is 0.794 bits per heavy atom. The number of hydrogen-bond acceptors (Lipinski definition) is 2. The van der Waals surface area contributed by atoms with Crippen LogP contribution in [-0.2, 0) is 35.2 Å². The van der Waals surface area contributed by atoms with Gasteiger partial charge in [0.15, 0.2) is 0 Å². The minimum atomic E-state index is -6.30. The molecule has 0 saturated carbocycles. The summed E-state index contributed by atoms with van der Waals surface area (Å²) >= 11 is 0. The van der Waals surface area contributed by atoms with Crippen molar-refractivity contribution in [1.29, 1.82) is 0 Å². The second-order valence-corrected chi connectivity index (χ2v) is 8.86. The monoisotopic (exact) mass is 494 g/mol. The second kappa shape index (κ2) is 8.78. The van der Waals surface area contributed by atoms with Crippen LogP contribution in [0.25, 0.3) is 0 Å². The maximum absolute atomic E-state index is 14.4. The predicted octanol–water partition coefficient (Wildman–Crippen LogP) is 5.90. The van der Waals surface area contributed by atoms with Crippen LogP contribution in [-0.4, -0.2) is 49.1 Å². The van der Waals surface area contributed by atoms with E-state index in [2.05, 4.69) is 0 Å². The van der Waals surface area contributed by atoms with Gasteiger partial charge in [0, 0.05) is 25.7 Å². The van der Waals surface area contributed by atoms with Gasteiger partial charge in [-0.05, 0) is 22.3 Å². The number of halogens is 8. The van der Waals surface area contributed by atoms with E-state index in [0.717, 1.165) is 24.3 Å². The zero-order valence-corrected chi connectivity index (χ0v) is 17.9. The van der Waals surface area contributed by atoms with Gasteiger partial charge in [0.25, 0.3) is 0 Å². The fraction of sp³-hybridized carbons (Fsp3) is 0.500. The van der Waals surface area contributed by atoms with Gasteiger partial charge in [-0.3, -0.25) is 0 Å². The van der Waals surface area contributed by atoms with Crippen molar-refractivity contribution in [3.63, 3.8) is 0 Å². The number of epoxide rings is 2. The lowest BCUT2D eigenvalue weighted by Crippen LogP contribution is -2.63. The van der Waals surface area contributed by atoms with E-state index >= 15 is 0 Å². The molecule has 34 heavy (non-hydrogen) atoms. The summed E-state index contributed by atoms with van der Waals surface area (Å²) < 4.78 is 125. The molecule has 2 unspecified atom stereocenters. The molecule has 10 heteroatoms. The Morgan fingerprint density at radius 3 is 1.06 bits per heavy atom. The third kappa shape index (κ3) is 5.22. The van der Waals surface area contributed by atoms with E-state index in [9.17, 15) is 35.1 Å². The van der Waals surface area contributed by atoms with Gasteiger partial charge in [-0.2, -0.15) is 35.1 Å². The third-order valence-corrected chi connectivity index (χ3v) is 5.94. The summed E-state index contributed by atoms with van der Waals surface area (Å²) in [5.41, 5.74) is 0.627. The second-order valence-electron chi connectivity index (χ2n) is 8.86. The van der Waals surface area contributed by atoms with Crippen LogP contribution in [0.2, 0.25) is 0 Å². The number of benzene rings is 2. The zero-order chi connectivity index (χ0) is 24.8. The topological polar surface area (TPSA) is 25.1 Å². The first-order valence-electron chi connectivity index (χ1n) is 10.7. The van der Waals surface area contributed by atoms with Gasteiger partial charge in [0.1, 0.15) is 0 Å². The molecule has 2 aliphatic heterocycles. The predicted molar refractivity (Wildman–Crippen MR) is 107 cm³/mol. The van der Waals surface area contributed by atoms with Gasteiger partial charge >= 0.3 is 23.7 Å². The van der Waals surface area contributed by atoms with E-state index in [1.165, 1.54) is 24.3 Å². The van der Waals surface area contributed by atoms with Crippen molar-refractivity contribution in [2.45, 2.75) is 61.6 Å². The summed E-state index contributed by atoms with van der Waals surface area (Å²) in [5.74, 6) is -23.4. The Balaban J connectivity index is 1.45. The largest absolute Gasteiger partial charge is 0.378 e. The highest BCUT2D eigenvalue weighted by molar-refractivity contribution is 5.27. The highest BCUT2D eigenvalue weighted by Crippen LogP contribution is 2.54. The van der Waals surface area contributed by atoms with Crippen molar-refractivity contribution in [2.24, 2.45) is 0 Å². The Morgan fingerprint density at radius 1 is 0.529 bits per heavy atom. The van der Waals surface area contributed by atoms with E-state index in [1.54, 1.807) is 0 Å². The number of hydrogen-bond donors (Lipinski definition) is 0. The lowest BCUT2D eigenvalue weighted by atomic mass is 9.90. The lowest BCUT2D eigenvalue weighted by molar-refractivity contribution is -0.365. The molecular weight excluding hydrogens is 472 g/mol. The van der Waals surface area contributed by atoms with Crippen LogP contribution in [0.1, 0.15) is 22.3 Å². The molecule has 186 valence electrons. The molecule has 0 aliphatic carbocycles. The molecule has 0 bridgehead atoms. The Kier molecular flexibility index (Phi) is 6.44. The highest BCUT2D eigenvalue weighted by Gasteiger charge is 2.79. The van der Waals surface area contributed by atoms with Crippen LogP contribution >= 0.6 is 0 Å². The first kappa shape index (κ1) is 24.9. The number of rotatable bonds is 11. The molecule has 2 heterocycles. The molecule has 0 aromatic heterocycles. The zero-order valence-electron chi connectivity index (χ0n) is 17.9. The maximum Gasteiger partial charge on any atom is 0.378 e. The van der Waals surface area contributed by atoms with Crippen molar-refractivity contribution in [2.75, 3.05) is 13.2 Å². The smallest absolute Gasteiger partial charge is 0.373 e. The first-order chi connectivity index (χ1) is 15.8. The van der Waals surface area contributed by atoms with Crippen molar-refractivity contribution in [1.82, 2.24) is 0 Å². The van der Waals surface area contributed by atoms with E-state index in [4.69, 9.17) is 9.47 Å². The molecule has 2 fully saturated rings. The van der Waals surface area contributed by atoms with Gasteiger partial charge in [-0.1, -0.05) is 48.5 Å². The molecule has 2 atom stereocenters. The van der Waals surface area contributed by atoms with Crippen molar-refractivity contribution in [3.8, 4) is 0 Å². The molecule has 4 rings (SSSR count). The molecule has 2 aromatic rings. The molecular formula is C24H22F8O2. The third-order valence-electron chi connectivity index (χ3n) is 5.94. The minimum Gasteiger partial charge on any atom is -0.373 e. The molecule has 0 radical (unpaired) electrons. The quantitative estimate of drug-likeness (QED) is 0.287. The van der Waals surface area contributed by atoms with Gasteiger partial charge in [0.05, 0.1) is 25.4 Å². The maximum atomic E-state index is 14.4. The summed E-state index contributed by atoms with van der Waals surface area (Å²) in [6, 6.07) is 9.90. The Labute approximate surface area is 190 Å². The fourth-order valence-electron chi connectivity index (χ4n) is 3.68. The van der Waals surface area contributed by atoms with E-state index in [-0.39, 0.29) is 23.3 Å². The molecule has 2 saturated heterocycles. The van der Waals surface area contributed by atoms with Gasteiger partial charge < -0.3 is 9.47 Å². The molecule has 0 N–H and O–H groups in total. The van der Waals surface area contributed by atoms with Gasteiger partial charge in [-0.25, -0.2) is 0 Å². The van der Waals surface area contributed by atoms with E-state index in [1.807, 2.05) is 0 Å². The van der Waals surface area contributed by atoms with Crippen LogP contribution in [0.4, 0.5) is 35.1 Å². The summed E-state index contributed by atoms with van der Waals surface area (Å²) in [6.07, 6.45) is -2.64. The molecule has 0 amide bonds. The van der Waals surface area contributed by atoms with Crippen LogP contribution < -0.4 is 0 Å². The summed E-state index contributed by atoms with van der Waals surface area (Å²) in [4.78, 5) is 0. The summed E-state index contributed by atoms with van der Waals surface area (Å²) in [5, 5.41) is 0. The molecule has 0 spiro atoms.